The van der Waals surface area contributed by atoms with Crippen molar-refractivity contribution in [2.75, 3.05) is 0 Å². The molecule has 20 heavy (non-hydrogen) atoms. The fraction of sp³-hybridized carbons (Fsp3) is 0.556. The quantitative estimate of drug-likeness (QED) is 0.650. The van der Waals surface area contributed by atoms with Gasteiger partial charge in [0.1, 0.15) is 0 Å². The molecule has 2 rings (SSSR count). The average Bonchev–Trinajstić information content (AvgIpc) is 3.04. The Hall–Kier alpha value is -1.44. The average molecular weight is 272 g/mol. The predicted molar refractivity (Wildman–Crippen MR) is 86.0 cm³/mol. The molecule has 0 spiro atoms. The molecule has 2 nitrogen and oxygen atoms in total. The van der Waals surface area contributed by atoms with Crippen LogP contribution in [0.2, 0.25) is 0 Å². The fourth-order valence-electron chi connectivity index (χ4n) is 3.02. The number of aromatic nitrogens is 2. The molecule has 0 aliphatic carbocycles. The molecule has 2 aromatic heterocycles. The van der Waals surface area contributed by atoms with E-state index in [0.29, 0.717) is 0 Å². The van der Waals surface area contributed by atoms with Gasteiger partial charge in [-0.3, -0.25) is 0 Å². The van der Waals surface area contributed by atoms with Crippen LogP contribution in [0.4, 0.5) is 0 Å². The summed E-state index contributed by atoms with van der Waals surface area (Å²) < 4.78 is 4.31. The van der Waals surface area contributed by atoms with Crippen LogP contribution < -0.4 is 0 Å². The highest BCUT2D eigenvalue weighted by atomic mass is 14.9. The van der Waals surface area contributed by atoms with E-state index in [-0.39, 0.29) is 5.41 Å². The molecule has 0 saturated heterocycles. The maximum Gasteiger partial charge on any atom is 0.0204 e. The van der Waals surface area contributed by atoms with Gasteiger partial charge in [-0.1, -0.05) is 39.5 Å². The Balaban J connectivity index is 2.23. The molecule has 0 atom stereocenters. The zero-order chi connectivity index (χ0) is 14.6. The Kier molecular flexibility index (Phi) is 4.74. The standard InChI is InChI=1S/C18H28N2/c1-5-6-7-8-11-18(2,16-9-12-19(3)14-16)17-10-13-20(4)15-17/h9-10,12-15H,5-8,11H2,1-4H3. The molecule has 0 fully saturated rings. The van der Waals surface area contributed by atoms with Crippen molar-refractivity contribution in [3.63, 3.8) is 0 Å². The summed E-state index contributed by atoms with van der Waals surface area (Å²) >= 11 is 0. The smallest absolute Gasteiger partial charge is 0.0204 e. The Morgan fingerprint density at radius 2 is 1.45 bits per heavy atom. The summed E-state index contributed by atoms with van der Waals surface area (Å²) in [7, 11) is 4.21. The lowest BCUT2D eigenvalue weighted by atomic mass is 9.74. The minimum absolute atomic E-state index is 0.135. The maximum absolute atomic E-state index is 2.39. The third-order valence-electron chi connectivity index (χ3n) is 4.47. The van der Waals surface area contributed by atoms with Crippen molar-refractivity contribution in [2.24, 2.45) is 14.1 Å². The molecule has 0 unspecified atom stereocenters. The van der Waals surface area contributed by atoms with E-state index in [1.165, 1.54) is 43.2 Å². The van der Waals surface area contributed by atoms with Gasteiger partial charge in [0.25, 0.3) is 0 Å². The van der Waals surface area contributed by atoms with E-state index in [9.17, 15) is 0 Å². The molecule has 0 aromatic carbocycles. The van der Waals surface area contributed by atoms with Crippen LogP contribution in [0, 0.1) is 0 Å². The van der Waals surface area contributed by atoms with E-state index in [2.05, 4.69) is 74.0 Å². The largest absolute Gasteiger partial charge is 0.357 e. The first-order valence-electron chi connectivity index (χ1n) is 7.81. The van der Waals surface area contributed by atoms with E-state index < -0.39 is 0 Å². The Labute approximate surface area is 123 Å². The zero-order valence-corrected chi connectivity index (χ0v) is 13.4. The molecule has 2 heteroatoms. The summed E-state index contributed by atoms with van der Waals surface area (Å²) in [4.78, 5) is 0. The van der Waals surface area contributed by atoms with Crippen LogP contribution in [0.15, 0.2) is 36.9 Å². The van der Waals surface area contributed by atoms with Gasteiger partial charge in [-0.15, -0.1) is 0 Å². The molecule has 0 amide bonds. The van der Waals surface area contributed by atoms with E-state index in [1.54, 1.807) is 0 Å². The maximum atomic E-state index is 2.39. The van der Waals surface area contributed by atoms with Crippen molar-refractivity contribution in [1.82, 2.24) is 9.13 Å². The summed E-state index contributed by atoms with van der Waals surface area (Å²) in [5.41, 5.74) is 3.00. The third-order valence-corrected chi connectivity index (χ3v) is 4.47. The molecule has 0 N–H and O–H groups in total. The van der Waals surface area contributed by atoms with Crippen LogP contribution in [0.3, 0.4) is 0 Å². The Morgan fingerprint density at radius 1 is 0.900 bits per heavy atom. The summed E-state index contributed by atoms with van der Waals surface area (Å²) in [5, 5.41) is 0. The highest BCUT2D eigenvalue weighted by molar-refractivity contribution is 5.36. The lowest BCUT2D eigenvalue weighted by Gasteiger charge is -2.29. The second-order valence-electron chi connectivity index (χ2n) is 6.27. The summed E-state index contributed by atoms with van der Waals surface area (Å²) in [6.07, 6.45) is 15.4. The second-order valence-corrected chi connectivity index (χ2v) is 6.27. The van der Waals surface area contributed by atoms with Crippen molar-refractivity contribution in [3.05, 3.63) is 48.0 Å². The van der Waals surface area contributed by atoms with Gasteiger partial charge in [-0.25, -0.2) is 0 Å². The number of hydrogen-bond donors (Lipinski definition) is 0. The zero-order valence-electron chi connectivity index (χ0n) is 13.4. The van der Waals surface area contributed by atoms with Crippen LogP contribution >= 0.6 is 0 Å². The molecule has 0 saturated carbocycles. The molecular formula is C18H28N2. The lowest BCUT2D eigenvalue weighted by Crippen LogP contribution is -2.22. The second kappa shape index (κ2) is 6.34. The first-order chi connectivity index (χ1) is 9.56. The minimum Gasteiger partial charge on any atom is -0.357 e. The molecule has 110 valence electrons. The lowest BCUT2D eigenvalue weighted by molar-refractivity contribution is 0.477. The number of nitrogens with zero attached hydrogens (tertiary/aromatic N) is 2. The van der Waals surface area contributed by atoms with Crippen molar-refractivity contribution >= 4 is 0 Å². The fourth-order valence-corrected chi connectivity index (χ4v) is 3.02. The molecule has 0 aliphatic rings. The molecular weight excluding hydrogens is 244 g/mol. The van der Waals surface area contributed by atoms with Crippen LogP contribution in [-0.2, 0) is 19.5 Å². The van der Waals surface area contributed by atoms with E-state index >= 15 is 0 Å². The summed E-state index contributed by atoms with van der Waals surface area (Å²) in [5.74, 6) is 0. The number of rotatable bonds is 7. The van der Waals surface area contributed by atoms with Crippen molar-refractivity contribution in [3.8, 4) is 0 Å². The van der Waals surface area contributed by atoms with E-state index in [4.69, 9.17) is 0 Å². The van der Waals surface area contributed by atoms with Crippen molar-refractivity contribution in [2.45, 2.75) is 51.4 Å². The summed E-state index contributed by atoms with van der Waals surface area (Å²) in [6.45, 7) is 4.66. The number of aryl methyl sites for hydroxylation is 2. The van der Waals surface area contributed by atoms with Gasteiger partial charge in [0.15, 0.2) is 0 Å². The molecule has 2 heterocycles. The van der Waals surface area contributed by atoms with Crippen molar-refractivity contribution in [1.29, 1.82) is 0 Å². The third kappa shape index (κ3) is 3.17. The van der Waals surface area contributed by atoms with Crippen LogP contribution in [0.1, 0.15) is 57.1 Å². The van der Waals surface area contributed by atoms with Gasteiger partial charge in [-0.2, -0.15) is 0 Å². The van der Waals surface area contributed by atoms with Crippen LogP contribution in [0.25, 0.3) is 0 Å². The summed E-state index contributed by atoms with van der Waals surface area (Å²) in [6, 6.07) is 4.54. The van der Waals surface area contributed by atoms with E-state index in [0.717, 1.165) is 0 Å². The molecule has 2 aromatic rings. The van der Waals surface area contributed by atoms with E-state index in [1.807, 2.05) is 0 Å². The highest BCUT2D eigenvalue weighted by Crippen LogP contribution is 2.37. The SMILES string of the molecule is CCCCCCC(C)(c1ccn(C)c1)c1ccn(C)c1. The topological polar surface area (TPSA) is 9.86 Å². The van der Waals surface area contributed by atoms with Crippen LogP contribution in [-0.4, -0.2) is 9.13 Å². The first kappa shape index (κ1) is 15.0. The minimum atomic E-state index is 0.135. The normalized spacial score (nSPS) is 12.0. The van der Waals surface area contributed by atoms with Crippen LogP contribution in [0.5, 0.6) is 0 Å². The Morgan fingerprint density at radius 3 is 1.85 bits per heavy atom. The van der Waals surface area contributed by atoms with Gasteiger partial charge in [0.05, 0.1) is 0 Å². The van der Waals surface area contributed by atoms with Gasteiger partial charge in [-0.05, 0) is 29.7 Å². The van der Waals surface area contributed by atoms with Gasteiger partial charge >= 0.3 is 0 Å². The molecule has 0 bridgehead atoms. The monoisotopic (exact) mass is 272 g/mol. The first-order valence-corrected chi connectivity index (χ1v) is 7.81. The Bertz CT molecular complexity index is 493. The number of hydrogen-bond acceptors (Lipinski definition) is 0. The van der Waals surface area contributed by atoms with Crippen molar-refractivity contribution < 1.29 is 0 Å². The number of unbranched alkanes of at least 4 members (excludes halogenated alkanes) is 3. The molecule has 0 aliphatic heterocycles. The van der Waals surface area contributed by atoms with Gasteiger partial charge < -0.3 is 9.13 Å². The molecule has 0 radical (unpaired) electrons. The highest BCUT2D eigenvalue weighted by Gasteiger charge is 2.29. The van der Waals surface area contributed by atoms with Gasteiger partial charge in [0, 0.05) is 44.3 Å². The predicted octanol–water partition coefficient (Wildman–Crippen LogP) is 4.64. The van der Waals surface area contributed by atoms with Gasteiger partial charge in [0.2, 0.25) is 0 Å².